The first kappa shape index (κ1) is 15.8. The van der Waals surface area contributed by atoms with Crippen LogP contribution in [0.3, 0.4) is 0 Å². The summed E-state index contributed by atoms with van der Waals surface area (Å²) in [7, 11) is 3.76. The van der Waals surface area contributed by atoms with E-state index in [1.807, 2.05) is 23.5 Å². The van der Waals surface area contributed by atoms with E-state index in [2.05, 4.69) is 17.3 Å². The van der Waals surface area contributed by atoms with Gasteiger partial charge in [-0.25, -0.2) is 0 Å². The number of methoxy groups -OCH3 is 1. The number of nitrogens with one attached hydrogen (secondary N) is 1. The molecule has 0 spiro atoms. The lowest BCUT2D eigenvalue weighted by Gasteiger charge is -2.22. The van der Waals surface area contributed by atoms with E-state index in [0.29, 0.717) is 5.25 Å². The third kappa shape index (κ3) is 4.22. The summed E-state index contributed by atoms with van der Waals surface area (Å²) in [6, 6.07) is 0. The van der Waals surface area contributed by atoms with Crippen molar-refractivity contribution >= 4 is 11.8 Å². The third-order valence-corrected chi connectivity index (χ3v) is 5.06. The van der Waals surface area contributed by atoms with Crippen molar-refractivity contribution in [2.45, 2.75) is 36.6 Å². The van der Waals surface area contributed by atoms with Gasteiger partial charge in [-0.3, -0.25) is 4.68 Å². The van der Waals surface area contributed by atoms with Gasteiger partial charge in [-0.15, -0.1) is 11.8 Å². The number of aromatic nitrogens is 2. The van der Waals surface area contributed by atoms with Crippen LogP contribution in [0.4, 0.5) is 0 Å². The minimum absolute atomic E-state index is 0.649. The summed E-state index contributed by atoms with van der Waals surface area (Å²) >= 11 is 1.95. The molecule has 1 aliphatic rings. The van der Waals surface area contributed by atoms with Crippen LogP contribution < -0.4 is 5.32 Å². The van der Waals surface area contributed by atoms with Crippen molar-refractivity contribution in [2.24, 2.45) is 7.05 Å². The van der Waals surface area contributed by atoms with Gasteiger partial charge in [0.25, 0.3) is 0 Å². The quantitative estimate of drug-likeness (QED) is 0.777. The Balaban J connectivity index is 1.98. The molecule has 0 bridgehead atoms. The van der Waals surface area contributed by atoms with Crippen molar-refractivity contribution in [2.75, 3.05) is 33.5 Å². The van der Waals surface area contributed by atoms with Crippen LogP contribution in [0.25, 0.3) is 0 Å². The van der Waals surface area contributed by atoms with E-state index in [9.17, 15) is 0 Å². The molecule has 2 heterocycles. The lowest BCUT2D eigenvalue weighted by Crippen LogP contribution is -2.20. The van der Waals surface area contributed by atoms with E-state index >= 15 is 0 Å². The highest BCUT2D eigenvalue weighted by Crippen LogP contribution is 2.33. The van der Waals surface area contributed by atoms with Gasteiger partial charge in [0.05, 0.1) is 17.3 Å². The highest BCUT2D eigenvalue weighted by atomic mass is 32.2. The molecule has 1 aromatic heterocycles. The standard InChI is InChI=1S/C14H25N3O2S/c1-11-13(10-15-6-9-18-3)14(17(2)16-11)20-12-4-7-19-8-5-12/h12,15H,4-10H2,1-3H3. The van der Waals surface area contributed by atoms with Crippen molar-refractivity contribution < 1.29 is 9.47 Å². The third-order valence-electron chi connectivity index (χ3n) is 3.52. The molecule has 0 aromatic carbocycles. The first-order chi connectivity index (χ1) is 9.72. The van der Waals surface area contributed by atoms with Gasteiger partial charge in [-0.2, -0.15) is 5.10 Å². The van der Waals surface area contributed by atoms with Crippen LogP contribution in [-0.4, -0.2) is 48.5 Å². The van der Waals surface area contributed by atoms with Crippen LogP contribution in [-0.2, 0) is 23.1 Å². The zero-order chi connectivity index (χ0) is 14.4. The molecule has 0 amide bonds. The average molecular weight is 299 g/mol. The Morgan fingerprint density at radius 2 is 2.20 bits per heavy atom. The number of thioether (sulfide) groups is 1. The fourth-order valence-electron chi connectivity index (χ4n) is 2.37. The summed E-state index contributed by atoms with van der Waals surface area (Å²) in [6.45, 7) is 6.32. The van der Waals surface area contributed by atoms with Gasteiger partial charge in [0.1, 0.15) is 0 Å². The molecule has 0 atom stereocenters. The number of rotatable bonds is 7. The Bertz CT molecular complexity index is 417. The van der Waals surface area contributed by atoms with Gasteiger partial charge in [0, 0.05) is 51.3 Å². The topological polar surface area (TPSA) is 48.3 Å². The molecule has 6 heteroatoms. The predicted molar refractivity (Wildman–Crippen MR) is 81.2 cm³/mol. The molecule has 2 rings (SSSR count). The first-order valence-corrected chi connectivity index (χ1v) is 8.07. The summed E-state index contributed by atoms with van der Waals surface area (Å²) in [5.74, 6) is 0. The largest absolute Gasteiger partial charge is 0.383 e. The Hall–Kier alpha value is -0.560. The molecule has 0 aliphatic carbocycles. The molecule has 5 nitrogen and oxygen atoms in total. The summed E-state index contributed by atoms with van der Waals surface area (Å²) in [4.78, 5) is 0. The zero-order valence-corrected chi connectivity index (χ0v) is 13.5. The maximum atomic E-state index is 5.43. The van der Waals surface area contributed by atoms with E-state index in [-0.39, 0.29) is 0 Å². The lowest BCUT2D eigenvalue weighted by molar-refractivity contribution is 0.1000. The van der Waals surface area contributed by atoms with Crippen LogP contribution in [0.5, 0.6) is 0 Å². The SMILES string of the molecule is COCCNCc1c(C)nn(C)c1SC1CCOCC1. The minimum Gasteiger partial charge on any atom is -0.383 e. The van der Waals surface area contributed by atoms with Crippen LogP contribution in [0.1, 0.15) is 24.1 Å². The van der Waals surface area contributed by atoms with Crippen molar-refractivity contribution in [1.29, 1.82) is 0 Å². The zero-order valence-electron chi connectivity index (χ0n) is 12.6. The fourth-order valence-corrected chi connectivity index (χ4v) is 3.67. The monoisotopic (exact) mass is 299 g/mol. The number of ether oxygens (including phenoxy) is 2. The Labute approximate surface area is 125 Å². The fraction of sp³-hybridized carbons (Fsp3) is 0.786. The molecule has 114 valence electrons. The molecule has 1 saturated heterocycles. The smallest absolute Gasteiger partial charge is 0.0987 e. The number of hydrogen-bond acceptors (Lipinski definition) is 5. The summed E-state index contributed by atoms with van der Waals surface area (Å²) < 4.78 is 12.5. The molecule has 0 radical (unpaired) electrons. The van der Waals surface area contributed by atoms with Gasteiger partial charge >= 0.3 is 0 Å². The van der Waals surface area contributed by atoms with Gasteiger partial charge in [0.2, 0.25) is 0 Å². The van der Waals surface area contributed by atoms with E-state index < -0.39 is 0 Å². The van der Waals surface area contributed by atoms with Gasteiger partial charge < -0.3 is 14.8 Å². The summed E-state index contributed by atoms with van der Waals surface area (Å²) in [5.41, 5.74) is 2.44. The Morgan fingerprint density at radius 3 is 2.90 bits per heavy atom. The molecule has 0 unspecified atom stereocenters. The molecule has 20 heavy (non-hydrogen) atoms. The van der Waals surface area contributed by atoms with Crippen molar-refractivity contribution in [3.63, 3.8) is 0 Å². The number of aryl methyl sites for hydroxylation is 2. The number of nitrogens with zero attached hydrogens (tertiary/aromatic N) is 2. The molecular weight excluding hydrogens is 274 g/mol. The van der Waals surface area contributed by atoms with Gasteiger partial charge in [0.15, 0.2) is 0 Å². The normalized spacial score (nSPS) is 16.8. The maximum Gasteiger partial charge on any atom is 0.0987 e. The highest BCUT2D eigenvalue weighted by molar-refractivity contribution is 7.99. The first-order valence-electron chi connectivity index (χ1n) is 7.19. The predicted octanol–water partition coefficient (Wildman–Crippen LogP) is 1.74. The summed E-state index contributed by atoms with van der Waals surface area (Å²) in [6.07, 6.45) is 2.26. The molecule has 1 aliphatic heterocycles. The van der Waals surface area contributed by atoms with Gasteiger partial charge in [-0.05, 0) is 19.8 Å². The van der Waals surface area contributed by atoms with E-state index in [1.54, 1.807) is 7.11 Å². The van der Waals surface area contributed by atoms with Crippen molar-refractivity contribution in [3.05, 3.63) is 11.3 Å². The Morgan fingerprint density at radius 1 is 1.45 bits per heavy atom. The van der Waals surface area contributed by atoms with E-state index in [1.165, 1.54) is 10.6 Å². The summed E-state index contributed by atoms with van der Waals surface area (Å²) in [5, 5.41) is 9.93. The van der Waals surface area contributed by atoms with Crippen molar-refractivity contribution in [1.82, 2.24) is 15.1 Å². The second-order valence-corrected chi connectivity index (χ2v) is 6.38. The molecular formula is C14H25N3O2S. The average Bonchev–Trinajstić information content (AvgIpc) is 2.71. The molecule has 1 fully saturated rings. The van der Waals surface area contributed by atoms with Gasteiger partial charge in [-0.1, -0.05) is 0 Å². The molecule has 0 saturated carbocycles. The number of hydrogen-bond donors (Lipinski definition) is 1. The maximum absolute atomic E-state index is 5.43. The second kappa shape index (κ2) is 8.02. The van der Waals surface area contributed by atoms with Crippen LogP contribution in [0.15, 0.2) is 5.03 Å². The van der Waals surface area contributed by atoms with Crippen LogP contribution >= 0.6 is 11.8 Å². The van der Waals surface area contributed by atoms with Crippen molar-refractivity contribution in [3.8, 4) is 0 Å². The lowest BCUT2D eigenvalue weighted by atomic mass is 10.2. The second-order valence-electron chi connectivity index (χ2n) is 5.09. The van der Waals surface area contributed by atoms with Crippen LogP contribution in [0, 0.1) is 6.92 Å². The molecule has 1 aromatic rings. The minimum atomic E-state index is 0.649. The highest BCUT2D eigenvalue weighted by Gasteiger charge is 2.20. The van der Waals surface area contributed by atoms with E-state index in [0.717, 1.165) is 51.4 Å². The molecule has 1 N–H and O–H groups in total. The Kier molecular flexibility index (Phi) is 6.35. The van der Waals surface area contributed by atoms with Crippen LogP contribution in [0.2, 0.25) is 0 Å². The van der Waals surface area contributed by atoms with E-state index in [4.69, 9.17) is 9.47 Å².